The third kappa shape index (κ3) is 5.85. The summed E-state index contributed by atoms with van der Waals surface area (Å²) in [5.74, 6) is -2.00. The smallest absolute Gasteiger partial charge is 0.387 e. The van der Waals surface area contributed by atoms with Gasteiger partial charge in [0.05, 0.1) is 11.7 Å². The van der Waals surface area contributed by atoms with Crippen LogP contribution in [-0.2, 0) is 20.6 Å². The molecule has 10 heteroatoms. The second-order valence-electron chi connectivity index (χ2n) is 7.35. The molecule has 1 unspecified atom stereocenters. The molecule has 1 atom stereocenters. The number of aliphatic hydroxyl groups excluding tert-OH is 1. The maximum absolute atomic E-state index is 12.6. The van der Waals surface area contributed by atoms with Crippen LogP contribution in [0.1, 0.15) is 36.5 Å². The molecule has 170 valence electrons. The van der Waals surface area contributed by atoms with Crippen LogP contribution in [0.15, 0.2) is 48.5 Å². The summed E-state index contributed by atoms with van der Waals surface area (Å²) in [6.45, 7) is 0.221. The fourth-order valence-electron chi connectivity index (χ4n) is 3.30. The fraction of sp³-hybridized carbons (Fsp3) is 0.318. The molecular formula is C22H22F3N3O4. The van der Waals surface area contributed by atoms with Gasteiger partial charge in [-0.15, -0.1) is 0 Å². The molecule has 7 nitrogen and oxygen atoms in total. The highest BCUT2D eigenvalue weighted by atomic mass is 19.4. The van der Waals surface area contributed by atoms with Crippen molar-refractivity contribution >= 4 is 29.1 Å². The minimum atomic E-state index is -4.49. The van der Waals surface area contributed by atoms with E-state index >= 15 is 0 Å². The lowest BCUT2D eigenvalue weighted by Gasteiger charge is -2.27. The first-order valence-electron chi connectivity index (χ1n) is 10.00. The number of aliphatic hydroxyl groups is 1. The van der Waals surface area contributed by atoms with Crippen molar-refractivity contribution < 1.29 is 32.7 Å². The molecule has 0 spiro atoms. The highest BCUT2D eigenvalue weighted by Crippen LogP contribution is 2.30. The summed E-state index contributed by atoms with van der Waals surface area (Å²) in [6.07, 6.45) is -3.60. The van der Waals surface area contributed by atoms with Crippen LogP contribution in [0.4, 0.5) is 24.5 Å². The van der Waals surface area contributed by atoms with E-state index in [1.807, 2.05) is 0 Å². The van der Waals surface area contributed by atoms with Gasteiger partial charge in [-0.05, 0) is 48.7 Å². The Balaban J connectivity index is 1.54. The van der Waals surface area contributed by atoms with E-state index < -0.39 is 29.7 Å². The van der Waals surface area contributed by atoms with E-state index in [1.54, 1.807) is 29.2 Å². The average Bonchev–Trinajstić information content (AvgIpc) is 2.77. The number of benzene rings is 2. The summed E-state index contributed by atoms with van der Waals surface area (Å²) in [4.78, 5) is 37.9. The van der Waals surface area contributed by atoms with Gasteiger partial charge in [0, 0.05) is 30.9 Å². The van der Waals surface area contributed by atoms with Crippen LogP contribution in [0.25, 0.3) is 0 Å². The van der Waals surface area contributed by atoms with Crippen LogP contribution in [0, 0.1) is 0 Å². The number of anilines is 2. The monoisotopic (exact) mass is 449 g/mol. The van der Waals surface area contributed by atoms with Crippen LogP contribution in [0.3, 0.4) is 0 Å². The maximum Gasteiger partial charge on any atom is 0.416 e. The Morgan fingerprint density at radius 2 is 1.78 bits per heavy atom. The maximum atomic E-state index is 12.6. The number of rotatable bonds is 5. The second kappa shape index (κ2) is 9.82. The summed E-state index contributed by atoms with van der Waals surface area (Å²) in [7, 11) is 0. The zero-order valence-electron chi connectivity index (χ0n) is 17.0. The molecule has 1 fully saturated rings. The van der Waals surface area contributed by atoms with Crippen molar-refractivity contribution in [1.82, 2.24) is 5.32 Å². The minimum Gasteiger partial charge on any atom is -0.387 e. The SMILES string of the molecule is O=C(NCC(O)c1ccc(C(F)(F)F)cc1)C(=O)Nc1cccc(N2CCCCC2=O)c1. The quantitative estimate of drug-likeness (QED) is 0.611. The zero-order chi connectivity index (χ0) is 23.3. The van der Waals surface area contributed by atoms with Crippen LogP contribution in [-0.4, -0.2) is 35.9 Å². The van der Waals surface area contributed by atoms with Crippen molar-refractivity contribution in [3.63, 3.8) is 0 Å². The van der Waals surface area contributed by atoms with Gasteiger partial charge in [-0.25, -0.2) is 0 Å². The molecule has 1 heterocycles. The van der Waals surface area contributed by atoms with Crippen LogP contribution >= 0.6 is 0 Å². The third-order valence-electron chi connectivity index (χ3n) is 5.02. The molecule has 2 aromatic carbocycles. The Bertz CT molecular complexity index is 993. The molecular weight excluding hydrogens is 427 g/mol. The van der Waals surface area contributed by atoms with Gasteiger partial charge in [0.25, 0.3) is 0 Å². The van der Waals surface area contributed by atoms with Crippen molar-refractivity contribution in [3.05, 3.63) is 59.7 Å². The van der Waals surface area contributed by atoms with E-state index in [9.17, 15) is 32.7 Å². The molecule has 0 radical (unpaired) electrons. The van der Waals surface area contributed by atoms with Gasteiger partial charge in [0.1, 0.15) is 0 Å². The van der Waals surface area contributed by atoms with Gasteiger partial charge in [0.15, 0.2) is 0 Å². The van der Waals surface area contributed by atoms with Crippen LogP contribution in [0.5, 0.6) is 0 Å². The van der Waals surface area contributed by atoms with Gasteiger partial charge in [-0.2, -0.15) is 13.2 Å². The molecule has 2 aromatic rings. The molecule has 0 bridgehead atoms. The van der Waals surface area contributed by atoms with Crippen LogP contribution in [0.2, 0.25) is 0 Å². The van der Waals surface area contributed by atoms with Gasteiger partial charge in [-0.3, -0.25) is 14.4 Å². The van der Waals surface area contributed by atoms with E-state index in [4.69, 9.17) is 0 Å². The Hall–Kier alpha value is -3.40. The van der Waals surface area contributed by atoms with Crippen molar-refractivity contribution in [2.45, 2.75) is 31.5 Å². The average molecular weight is 449 g/mol. The molecule has 3 N–H and O–H groups in total. The summed E-state index contributed by atoms with van der Waals surface area (Å²) < 4.78 is 37.8. The molecule has 0 aromatic heterocycles. The number of carbonyl (C=O) groups is 3. The molecule has 0 aliphatic carbocycles. The zero-order valence-corrected chi connectivity index (χ0v) is 17.0. The Morgan fingerprint density at radius 3 is 2.44 bits per heavy atom. The molecule has 1 aliphatic heterocycles. The Kier molecular flexibility index (Phi) is 7.14. The lowest BCUT2D eigenvalue weighted by atomic mass is 10.1. The van der Waals surface area contributed by atoms with Gasteiger partial charge < -0.3 is 20.6 Å². The summed E-state index contributed by atoms with van der Waals surface area (Å²) in [5, 5.41) is 14.7. The van der Waals surface area contributed by atoms with Crippen molar-refractivity contribution in [1.29, 1.82) is 0 Å². The molecule has 1 aliphatic rings. The molecule has 3 amide bonds. The van der Waals surface area contributed by atoms with Crippen molar-refractivity contribution in [2.24, 2.45) is 0 Å². The normalized spacial score (nSPS) is 15.2. The highest BCUT2D eigenvalue weighted by molar-refractivity contribution is 6.39. The van der Waals surface area contributed by atoms with Gasteiger partial charge >= 0.3 is 18.0 Å². The number of amides is 3. The van der Waals surface area contributed by atoms with Crippen molar-refractivity contribution in [2.75, 3.05) is 23.3 Å². The predicted molar refractivity (Wildman–Crippen MR) is 111 cm³/mol. The number of hydrogen-bond donors (Lipinski definition) is 3. The fourth-order valence-corrected chi connectivity index (χ4v) is 3.30. The number of carbonyl (C=O) groups excluding carboxylic acids is 3. The Labute approximate surface area is 182 Å². The second-order valence-corrected chi connectivity index (χ2v) is 7.35. The number of alkyl halides is 3. The van der Waals surface area contributed by atoms with Crippen molar-refractivity contribution in [3.8, 4) is 0 Å². The summed E-state index contributed by atoms with van der Waals surface area (Å²) in [5.41, 5.74) is 0.248. The highest BCUT2D eigenvalue weighted by Gasteiger charge is 2.30. The van der Waals surface area contributed by atoms with Gasteiger partial charge in [-0.1, -0.05) is 18.2 Å². The molecule has 3 rings (SSSR count). The lowest BCUT2D eigenvalue weighted by Crippen LogP contribution is -2.38. The number of nitrogens with zero attached hydrogens (tertiary/aromatic N) is 1. The molecule has 32 heavy (non-hydrogen) atoms. The summed E-state index contributed by atoms with van der Waals surface area (Å²) in [6, 6.07) is 10.4. The largest absolute Gasteiger partial charge is 0.416 e. The molecule has 0 saturated carbocycles. The van der Waals surface area contributed by atoms with E-state index in [0.717, 1.165) is 37.1 Å². The topological polar surface area (TPSA) is 98.7 Å². The number of halogens is 3. The third-order valence-corrected chi connectivity index (χ3v) is 5.02. The number of piperidine rings is 1. The summed E-state index contributed by atoms with van der Waals surface area (Å²) >= 11 is 0. The number of nitrogens with one attached hydrogen (secondary N) is 2. The van der Waals surface area contributed by atoms with Crippen LogP contribution < -0.4 is 15.5 Å². The minimum absolute atomic E-state index is 0.00489. The van der Waals surface area contributed by atoms with E-state index in [2.05, 4.69) is 10.6 Å². The van der Waals surface area contributed by atoms with E-state index in [0.29, 0.717) is 24.3 Å². The molecule has 1 saturated heterocycles. The predicted octanol–water partition coefficient (Wildman–Crippen LogP) is 3.01. The first-order chi connectivity index (χ1) is 15.1. The van der Waals surface area contributed by atoms with E-state index in [1.165, 1.54) is 0 Å². The standard InChI is InChI=1S/C22H22F3N3O4/c23-22(24,25)15-9-7-14(8-10-15)18(29)13-26-20(31)21(32)27-16-4-3-5-17(12-16)28-11-2-1-6-19(28)30/h3-5,7-10,12,18,29H,1-2,6,11,13H2,(H,26,31)(H,27,32). The van der Waals surface area contributed by atoms with Gasteiger partial charge in [0.2, 0.25) is 5.91 Å². The first kappa shape index (κ1) is 23.3. The lowest BCUT2D eigenvalue weighted by molar-refractivity contribution is -0.137. The first-order valence-corrected chi connectivity index (χ1v) is 10.00. The number of hydrogen-bond acceptors (Lipinski definition) is 4. The Morgan fingerprint density at radius 1 is 1.06 bits per heavy atom. The van der Waals surface area contributed by atoms with E-state index in [-0.39, 0.29) is 18.0 Å².